The molecule has 0 aromatic carbocycles. The topological polar surface area (TPSA) is 30.9 Å². The molecule has 0 radical (unpaired) electrons. The first-order valence-corrected chi connectivity index (χ1v) is 9.94. The lowest BCUT2D eigenvalue weighted by Gasteiger charge is -2.51. The molecule has 0 N–H and O–H groups in total. The van der Waals surface area contributed by atoms with Gasteiger partial charge in [0.15, 0.2) is 0 Å². The number of likely N-dealkylation sites (tertiary alicyclic amines) is 1. The predicted octanol–water partition coefficient (Wildman–Crippen LogP) is 3.34. The van der Waals surface area contributed by atoms with Gasteiger partial charge in [0.2, 0.25) is 0 Å². The van der Waals surface area contributed by atoms with Crippen molar-refractivity contribution in [2.24, 2.45) is 17.8 Å². The van der Waals surface area contributed by atoms with Crippen molar-refractivity contribution in [2.75, 3.05) is 34.9 Å². The van der Waals surface area contributed by atoms with E-state index in [1.54, 1.807) is 0 Å². The molecule has 3 aliphatic rings. The van der Waals surface area contributed by atoms with Gasteiger partial charge >= 0.3 is 0 Å². The number of ether oxygens (including phenoxy) is 3. The van der Waals surface area contributed by atoms with Crippen LogP contribution in [0, 0.1) is 17.8 Å². The van der Waals surface area contributed by atoms with Gasteiger partial charge in [-0.25, -0.2) is 0 Å². The van der Waals surface area contributed by atoms with E-state index in [0.717, 1.165) is 23.8 Å². The van der Waals surface area contributed by atoms with Gasteiger partial charge in [0, 0.05) is 27.4 Å². The van der Waals surface area contributed by atoms with Crippen molar-refractivity contribution in [1.82, 2.24) is 4.90 Å². The summed E-state index contributed by atoms with van der Waals surface area (Å²) in [5.74, 6) is 2.47. The van der Waals surface area contributed by atoms with Crippen molar-refractivity contribution in [1.29, 1.82) is 0 Å². The molecular weight excluding hydrogens is 302 g/mol. The normalized spacial score (nSPS) is 44.2. The first-order chi connectivity index (χ1) is 11.7. The highest BCUT2D eigenvalue weighted by atomic mass is 16.5. The third kappa shape index (κ3) is 3.98. The second kappa shape index (κ2) is 8.48. The molecule has 4 nitrogen and oxygen atoms in total. The molecule has 3 rings (SSSR count). The number of nitrogens with zero attached hydrogens (tertiary/aromatic N) is 1. The highest BCUT2D eigenvalue weighted by Crippen LogP contribution is 2.44. The summed E-state index contributed by atoms with van der Waals surface area (Å²) in [4.78, 5) is 2.64. The largest absolute Gasteiger partial charge is 0.381 e. The minimum absolute atomic E-state index is 0.273. The van der Waals surface area contributed by atoms with Crippen LogP contribution in [0.15, 0.2) is 0 Å². The maximum absolute atomic E-state index is 5.79. The first-order valence-electron chi connectivity index (χ1n) is 9.94. The highest BCUT2D eigenvalue weighted by molar-refractivity contribution is 4.97. The average Bonchev–Trinajstić information content (AvgIpc) is 2.63. The van der Waals surface area contributed by atoms with Gasteiger partial charge in [0.05, 0.1) is 18.3 Å². The van der Waals surface area contributed by atoms with Crippen molar-refractivity contribution in [2.45, 2.75) is 75.7 Å². The molecule has 0 aromatic heterocycles. The van der Waals surface area contributed by atoms with Crippen molar-refractivity contribution in [3.05, 3.63) is 0 Å². The van der Waals surface area contributed by atoms with Gasteiger partial charge in [-0.15, -0.1) is 0 Å². The van der Waals surface area contributed by atoms with E-state index in [4.69, 9.17) is 14.2 Å². The van der Waals surface area contributed by atoms with Gasteiger partial charge < -0.3 is 19.1 Å². The highest BCUT2D eigenvalue weighted by Gasteiger charge is 2.45. The van der Waals surface area contributed by atoms with Crippen LogP contribution in [0.25, 0.3) is 0 Å². The Morgan fingerprint density at radius 3 is 2.12 bits per heavy atom. The standard InChI is InChI=1S/C20H37NO3/c1-21-10-9-15-12-19(23-3)20(24-4)13-17(15)18(21)11-14-5-7-16(22-2)8-6-14/h14-20H,5-13H2,1-4H3. The summed E-state index contributed by atoms with van der Waals surface area (Å²) in [5.41, 5.74) is 0. The Hall–Kier alpha value is -0.160. The summed E-state index contributed by atoms with van der Waals surface area (Å²) < 4.78 is 17.1. The molecule has 2 aliphatic carbocycles. The predicted molar refractivity (Wildman–Crippen MR) is 96.2 cm³/mol. The molecule has 4 heteroatoms. The van der Waals surface area contributed by atoms with Crippen LogP contribution in [-0.4, -0.2) is 64.2 Å². The van der Waals surface area contributed by atoms with Crippen molar-refractivity contribution in [3.8, 4) is 0 Å². The summed E-state index contributed by atoms with van der Waals surface area (Å²) in [6.45, 7) is 1.24. The van der Waals surface area contributed by atoms with Gasteiger partial charge in [-0.1, -0.05) is 0 Å². The Bertz CT molecular complexity index is 383. The van der Waals surface area contributed by atoms with E-state index in [1.807, 2.05) is 21.3 Å². The van der Waals surface area contributed by atoms with Crippen LogP contribution in [0.2, 0.25) is 0 Å². The molecule has 140 valence electrons. The fraction of sp³-hybridized carbons (Fsp3) is 1.00. The van der Waals surface area contributed by atoms with E-state index in [1.165, 1.54) is 57.9 Å². The lowest BCUT2D eigenvalue weighted by atomic mass is 9.66. The number of hydrogen-bond donors (Lipinski definition) is 0. The zero-order valence-electron chi connectivity index (χ0n) is 16.1. The number of rotatable bonds is 5. The molecule has 0 amide bonds. The van der Waals surface area contributed by atoms with Crippen LogP contribution in [0.4, 0.5) is 0 Å². The van der Waals surface area contributed by atoms with Gasteiger partial charge in [-0.3, -0.25) is 0 Å². The molecule has 5 unspecified atom stereocenters. The Kier molecular flexibility index (Phi) is 6.58. The molecule has 1 aliphatic heterocycles. The Labute approximate surface area is 148 Å². The summed E-state index contributed by atoms with van der Waals surface area (Å²) in [7, 11) is 7.90. The van der Waals surface area contributed by atoms with E-state index in [2.05, 4.69) is 11.9 Å². The zero-order valence-corrected chi connectivity index (χ0v) is 16.1. The van der Waals surface area contributed by atoms with Gasteiger partial charge in [-0.05, 0) is 82.7 Å². The van der Waals surface area contributed by atoms with E-state index >= 15 is 0 Å². The molecule has 1 heterocycles. The number of fused-ring (bicyclic) bond motifs is 1. The van der Waals surface area contributed by atoms with Crippen LogP contribution < -0.4 is 0 Å². The number of methoxy groups -OCH3 is 3. The second-order valence-corrected chi connectivity index (χ2v) is 8.39. The van der Waals surface area contributed by atoms with E-state index in [-0.39, 0.29) is 12.2 Å². The average molecular weight is 340 g/mol. The lowest BCUT2D eigenvalue weighted by molar-refractivity contribution is -0.113. The quantitative estimate of drug-likeness (QED) is 0.769. The Morgan fingerprint density at radius 1 is 0.833 bits per heavy atom. The minimum atomic E-state index is 0.273. The van der Waals surface area contributed by atoms with Crippen LogP contribution in [-0.2, 0) is 14.2 Å². The fourth-order valence-corrected chi connectivity index (χ4v) is 5.70. The van der Waals surface area contributed by atoms with Crippen LogP contribution in [0.5, 0.6) is 0 Å². The lowest BCUT2D eigenvalue weighted by Crippen LogP contribution is -2.54. The summed E-state index contributed by atoms with van der Waals surface area (Å²) in [5, 5.41) is 0. The Morgan fingerprint density at radius 2 is 1.50 bits per heavy atom. The summed E-state index contributed by atoms with van der Waals surface area (Å²) in [6.07, 6.45) is 11.3. The van der Waals surface area contributed by atoms with Crippen molar-refractivity contribution in [3.63, 3.8) is 0 Å². The molecule has 0 spiro atoms. The molecule has 5 atom stereocenters. The third-order valence-electron chi connectivity index (χ3n) is 7.28. The number of hydrogen-bond acceptors (Lipinski definition) is 4. The molecule has 0 bridgehead atoms. The maximum Gasteiger partial charge on any atom is 0.0836 e. The SMILES string of the molecule is COC1CCC(CC2C3CC(OC)C(OC)CC3CCN2C)CC1. The Balaban J connectivity index is 1.63. The smallest absolute Gasteiger partial charge is 0.0836 e. The van der Waals surface area contributed by atoms with Crippen molar-refractivity contribution >= 4 is 0 Å². The molecule has 0 aromatic rings. The molecular formula is C20H37NO3. The zero-order chi connectivity index (χ0) is 17.1. The second-order valence-electron chi connectivity index (χ2n) is 8.39. The van der Waals surface area contributed by atoms with Gasteiger partial charge in [0.1, 0.15) is 0 Å². The van der Waals surface area contributed by atoms with Crippen LogP contribution in [0.3, 0.4) is 0 Å². The van der Waals surface area contributed by atoms with E-state index in [0.29, 0.717) is 6.10 Å². The van der Waals surface area contributed by atoms with Gasteiger partial charge in [-0.2, -0.15) is 0 Å². The summed E-state index contributed by atoms with van der Waals surface area (Å²) >= 11 is 0. The summed E-state index contributed by atoms with van der Waals surface area (Å²) in [6, 6.07) is 0.725. The van der Waals surface area contributed by atoms with Crippen molar-refractivity contribution < 1.29 is 14.2 Å². The van der Waals surface area contributed by atoms with Gasteiger partial charge in [0.25, 0.3) is 0 Å². The molecule has 1 saturated heterocycles. The molecule has 2 saturated carbocycles. The minimum Gasteiger partial charge on any atom is -0.381 e. The molecule has 3 fully saturated rings. The van der Waals surface area contributed by atoms with E-state index in [9.17, 15) is 0 Å². The number of piperidine rings is 1. The monoisotopic (exact) mass is 339 g/mol. The third-order valence-corrected chi connectivity index (χ3v) is 7.28. The molecule has 24 heavy (non-hydrogen) atoms. The van der Waals surface area contributed by atoms with Crippen LogP contribution in [0.1, 0.15) is 51.4 Å². The van der Waals surface area contributed by atoms with Crippen LogP contribution >= 0.6 is 0 Å². The first kappa shape index (κ1) is 18.6. The maximum atomic E-state index is 5.79. The van der Waals surface area contributed by atoms with E-state index < -0.39 is 0 Å². The fourth-order valence-electron chi connectivity index (χ4n) is 5.70.